The third kappa shape index (κ3) is 1.86. The van der Waals surface area contributed by atoms with Crippen molar-refractivity contribution in [1.29, 1.82) is 0 Å². The zero-order valence-corrected chi connectivity index (χ0v) is 9.33. The number of carboxylic acid groups (broad SMARTS) is 1. The molecule has 4 nitrogen and oxygen atoms in total. The van der Waals surface area contributed by atoms with Crippen LogP contribution in [-0.2, 0) is 11.2 Å². The lowest BCUT2D eigenvalue weighted by Gasteiger charge is -2.12. The van der Waals surface area contributed by atoms with Crippen molar-refractivity contribution in [3.8, 4) is 5.75 Å². The summed E-state index contributed by atoms with van der Waals surface area (Å²) in [5.74, 6) is -0.965. The van der Waals surface area contributed by atoms with Gasteiger partial charge < -0.3 is 15.6 Å². The summed E-state index contributed by atoms with van der Waals surface area (Å²) in [6.45, 7) is 0.657. The van der Waals surface area contributed by atoms with Crippen LogP contribution in [0.4, 0.5) is 0 Å². The maximum Gasteiger partial charge on any atom is 0.312 e. The van der Waals surface area contributed by atoms with E-state index in [4.69, 9.17) is 27.2 Å². The molecule has 0 amide bonds. The second kappa shape index (κ2) is 4.31. The maximum atomic E-state index is 11.0. The Balaban J connectivity index is 2.43. The van der Waals surface area contributed by atoms with E-state index in [0.29, 0.717) is 22.9 Å². The minimum absolute atomic E-state index is 0.0608. The fourth-order valence-corrected chi connectivity index (χ4v) is 2.17. The number of benzene rings is 1. The van der Waals surface area contributed by atoms with E-state index in [1.54, 1.807) is 6.07 Å². The van der Waals surface area contributed by atoms with Crippen LogP contribution in [0.25, 0.3) is 0 Å². The smallest absolute Gasteiger partial charge is 0.312 e. The summed E-state index contributed by atoms with van der Waals surface area (Å²) in [6, 6.07) is 3.44. The number of rotatable bonds is 3. The van der Waals surface area contributed by atoms with Crippen molar-refractivity contribution >= 4 is 17.6 Å². The Morgan fingerprint density at radius 3 is 3.00 bits per heavy atom. The molecule has 0 spiro atoms. The van der Waals surface area contributed by atoms with Gasteiger partial charge in [-0.2, -0.15) is 0 Å². The molecule has 1 aliphatic rings. The summed E-state index contributed by atoms with van der Waals surface area (Å²) in [6.07, 6.45) is 0.764. The van der Waals surface area contributed by atoms with Crippen molar-refractivity contribution in [2.75, 3.05) is 13.2 Å². The van der Waals surface area contributed by atoms with Gasteiger partial charge in [-0.25, -0.2) is 0 Å². The minimum atomic E-state index is -0.933. The van der Waals surface area contributed by atoms with Gasteiger partial charge in [-0.15, -0.1) is 0 Å². The van der Waals surface area contributed by atoms with Crippen LogP contribution in [0.2, 0.25) is 5.02 Å². The highest BCUT2D eigenvalue weighted by atomic mass is 35.5. The summed E-state index contributed by atoms with van der Waals surface area (Å²) in [4.78, 5) is 11.0. The van der Waals surface area contributed by atoms with Crippen LogP contribution in [0.3, 0.4) is 0 Å². The van der Waals surface area contributed by atoms with Gasteiger partial charge in [0, 0.05) is 13.0 Å². The van der Waals surface area contributed by atoms with Crippen LogP contribution >= 0.6 is 11.6 Å². The van der Waals surface area contributed by atoms with Crippen LogP contribution in [0.15, 0.2) is 12.1 Å². The van der Waals surface area contributed by atoms with Gasteiger partial charge in [0.25, 0.3) is 0 Å². The first kappa shape index (κ1) is 11.2. The van der Waals surface area contributed by atoms with E-state index < -0.39 is 11.9 Å². The van der Waals surface area contributed by atoms with E-state index in [-0.39, 0.29) is 6.54 Å². The van der Waals surface area contributed by atoms with Crippen molar-refractivity contribution in [2.24, 2.45) is 5.73 Å². The van der Waals surface area contributed by atoms with Crippen molar-refractivity contribution in [2.45, 2.75) is 12.3 Å². The Morgan fingerprint density at radius 1 is 1.62 bits per heavy atom. The summed E-state index contributed by atoms with van der Waals surface area (Å²) >= 11 is 6.02. The molecule has 1 atom stereocenters. The van der Waals surface area contributed by atoms with Crippen LogP contribution in [0.1, 0.15) is 17.0 Å². The van der Waals surface area contributed by atoms with Crippen LogP contribution in [0.5, 0.6) is 5.75 Å². The Hall–Kier alpha value is -1.26. The fraction of sp³-hybridized carbons (Fsp3) is 0.364. The van der Waals surface area contributed by atoms with E-state index in [1.165, 1.54) is 0 Å². The lowest BCUT2D eigenvalue weighted by molar-refractivity contribution is -0.138. The molecule has 0 fully saturated rings. The molecule has 0 saturated heterocycles. The highest BCUT2D eigenvalue weighted by Gasteiger charge is 2.23. The van der Waals surface area contributed by atoms with Crippen molar-refractivity contribution in [3.05, 3.63) is 28.3 Å². The quantitative estimate of drug-likeness (QED) is 0.839. The molecule has 0 radical (unpaired) electrons. The SMILES string of the molecule is NCC(C(=O)O)c1cc(Cl)c2c(c1)CCO2. The summed E-state index contributed by atoms with van der Waals surface area (Å²) < 4.78 is 5.35. The molecule has 5 heteroatoms. The average Bonchev–Trinajstić information content (AvgIpc) is 2.66. The first-order chi connectivity index (χ1) is 7.63. The molecule has 86 valence electrons. The minimum Gasteiger partial charge on any atom is -0.491 e. The van der Waals surface area contributed by atoms with Gasteiger partial charge in [-0.05, 0) is 17.2 Å². The summed E-state index contributed by atoms with van der Waals surface area (Å²) in [5.41, 5.74) is 7.05. The molecule has 1 heterocycles. The Morgan fingerprint density at radius 2 is 2.38 bits per heavy atom. The largest absolute Gasteiger partial charge is 0.491 e. The zero-order chi connectivity index (χ0) is 11.7. The number of aliphatic carboxylic acids is 1. The van der Waals surface area contributed by atoms with Crippen LogP contribution in [0, 0.1) is 0 Å². The third-order valence-corrected chi connectivity index (χ3v) is 2.98. The number of nitrogens with two attached hydrogens (primary N) is 1. The molecular weight excluding hydrogens is 230 g/mol. The molecule has 0 aliphatic carbocycles. The van der Waals surface area contributed by atoms with E-state index in [2.05, 4.69) is 0 Å². The standard InChI is InChI=1S/C11H12ClNO3/c12-9-4-7(8(5-13)11(14)15)3-6-1-2-16-10(6)9/h3-4,8H,1-2,5,13H2,(H,14,15). The molecule has 3 N–H and O–H groups in total. The molecule has 1 aromatic rings. The number of carbonyl (C=O) groups is 1. The van der Waals surface area contributed by atoms with Gasteiger partial charge in [0.15, 0.2) is 0 Å². The lowest BCUT2D eigenvalue weighted by atomic mass is 9.96. The number of ether oxygens (including phenoxy) is 1. The Bertz CT molecular complexity index is 433. The number of fused-ring (bicyclic) bond motifs is 1. The third-order valence-electron chi connectivity index (χ3n) is 2.70. The van der Waals surface area contributed by atoms with Gasteiger partial charge in [-0.1, -0.05) is 17.7 Å². The fourth-order valence-electron chi connectivity index (χ4n) is 1.86. The Kier molecular flexibility index (Phi) is 3.03. The molecule has 1 aliphatic heterocycles. The predicted molar refractivity (Wildman–Crippen MR) is 60.1 cm³/mol. The van der Waals surface area contributed by atoms with E-state index in [0.717, 1.165) is 12.0 Å². The molecule has 0 bridgehead atoms. The van der Waals surface area contributed by atoms with E-state index >= 15 is 0 Å². The highest BCUT2D eigenvalue weighted by molar-refractivity contribution is 6.32. The number of halogens is 1. The number of hydrogen-bond acceptors (Lipinski definition) is 3. The molecule has 2 rings (SSSR count). The first-order valence-corrected chi connectivity index (χ1v) is 5.39. The second-order valence-electron chi connectivity index (χ2n) is 3.72. The number of carboxylic acids is 1. The summed E-state index contributed by atoms with van der Waals surface area (Å²) in [5, 5.41) is 9.47. The van der Waals surface area contributed by atoms with Gasteiger partial charge >= 0.3 is 5.97 Å². The first-order valence-electron chi connectivity index (χ1n) is 5.01. The monoisotopic (exact) mass is 241 g/mol. The van der Waals surface area contributed by atoms with Crippen molar-refractivity contribution in [1.82, 2.24) is 0 Å². The number of hydrogen-bond donors (Lipinski definition) is 2. The highest BCUT2D eigenvalue weighted by Crippen LogP contribution is 2.36. The summed E-state index contributed by atoms with van der Waals surface area (Å²) in [7, 11) is 0. The van der Waals surface area contributed by atoms with Crippen LogP contribution in [-0.4, -0.2) is 24.2 Å². The van der Waals surface area contributed by atoms with E-state index in [1.807, 2.05) is 6.07 Å². The second-order valence-corrected chi connectivity index (χ2v) is 4.12. The predicted octanol–water partition coefficient (Wildman–Crippen LogP) is 1.40. The molecule has 1 aromatic carbocycles. The maximum absolute atomic E-state index is 11.0. The van der Waals surface area contributed by atoms with Gasteiger partial charge in [0.1, 0.15) is 5.75 Å². The normalized spacial score (nSPS) is 15.4. The average molecular weight is 242 g/mol. The molecule has 16 heavy (non-hydrogen) atoms. The van der Waals surface area contributed by atoms with Crippen molar-refractivity contribution < 1.29 is 14.6 Å². The lowest BCUT2D eigenvalue weighted by Crippen LogP contribution is -2.21. The van der Waals surface area contributed by atoms with Gasteiger partial charge in [-0.3, -0.25) is 4.79 Å². The molecule has 1 unspecified atom stereocenters. The molecule has 0 aromatic heterocycles. The zero-order valence-electron chi connectivity index (χ0n) is 8.57. The Labute approximate surface area is 98.0 Å². The van der Waals surface area contributed by atoms with E-state index in [9.17, 15) is 4.79 Å². The van der Waals surface area contributed by atoms with Crippen molar-refractivity contribution in [3.63, 3.8) is 0 Å². The van der Waals surface area contributed by atoms with Gasteiger partial charge in [0.2, 0.25) is 0 Å². The topological polar surface area (TPSA) is 72.6 Å². The van der Waals surface area contributed by atoms with Crippen LogP contribution < -0.4 is 10.5 Å². The molecular formula is C11H12ClNO3. The van der Waals surface area contributed by atoms with Gasteiger partial charge in [0.05, 0.1) is 17.5 Å². The molecule has 0 saturated carbocycles.